The molecular formula is C90H58N6. The second kappa shape index (κ2) is 21.5. The zero-order valence-electron chi connectivity index (χ0n) is 52.2. The van der Waals surface area contributed by atoms with Gasteiger partial charge in [-0.05, 0) is 159 Å². The lowest BCUT2D eigenvalue weighted by atomic mass is 9.95. The van der Waals surface area contributed by atoms with E-state index in [1.54, 1.807) is 0 Å². The van der Waals surface area contributed by atoms with Crippen LogP contribution in [0.2, 0.25) is 0 Å². The van der Waals surface area contributed by atoms with Gasteiger partial charge in [0, 0.05) is 94.1 Å². The van der Waals surface area contributed by atoms with Crippen molar-refractivity contribution in [1.82, 2.24) is 28.2 Å². The monoisotopic (exact) mass is 1220 g/mol. The van der Waals surface area contributed by atoms with Gasteiger partial charge in [0.15, 0.2) is 5.82 Å². The van der Waals surface area contributed by atoms with Crippen LogP contribution in [0.15, 0.2) is 334 Å². The Morgan fingerprint density at radius 2 is 0.667 bits per heavy atom. The number of rotatable bonds is 9. The molecule has 0 bridgehead atoms. The van der Waals surface area contributed by atoms with Gasteiger partial charge in [0.1, 0.15) is 0 Å². The van der Waals surface area contributed by atoms with E-state index >= 15 is 0 Å². The van der Waals surface area contributed by atoms with E-state index in [9.17, 15) is 0 Å². The molecule has 0 N–H and O–H groups in total. The molecule has 0 saturated heterocycles. The van der Waals surface area contributed by atoms with E-state index in [4.69, 9.17) is 9.97 Å². The predicted octanol–water partition coefficient (Wildman–Crippen LogP) is 23.4. The van der Waals surface area contributed by atoms with E-state index in [2.05, 4.69) is 352 Å². The van der Waals surface area contributed by atoms with Crippen LogP contribution in [-0.4, -0.2) is 28.2 Å². The fourth-order valence-electron chi connectivity index (χ4n) is 15.9. The molecule has 14 aromatic carbocycles. The maximum atomic E-state index is 5.81. The lowest BCUT2D eigenvalue weighted by Crippen LogP contribution is -2.14. The smallest absolute Gasteiger partial charge is 0.156 e. The summed E-state index contributed by atoms with van der Waals surface area (Å²) in [5.41, 5.74) is 23.7. The standard InChI is InChI=1S/C90H58N6/c1-4-20-57(21-5-1)58-36-38-60(39-37-58)89-88-70-27-11-10-22-59(70)40-45-79(88)91-90(92-89)65-50-68(95-82-34-18-14-30-73(82)77-54-63(43-48-86(77)95)61-41-46-84-75(52-61)71-28-12-16-32-80(71)93(84)66-23-6-2-7-24-66)56-69(51-65)96-83-35-19-15-31-74(83)78-55-64(44-49-87(78)96)62-42-47-85-76(53-62)72-29-13-17-33-81(72)94(85)67-25-8-3-9-26-67/h1-50,52-56,69H,51H2. The molecule has 1 unspecified atom stereocenters. The number of aromatic nitrogens is 6. The minimum absolute atomic E-state index is 0.154. The lowest BCUT2D eigenvalue weighted by Gasteiger charge is -2.26. The predicted molar refractivity (Wildman–Crippen MR) is 402 cm³/mol. The molecule has 0 aliphatic heterocycles. The highest BCUT2D eigenvalue weighted by Crippen LogP contribution is 2.46. The lowest BCUT2D eigenvalue weighted by molar-refractivity contribution is 0.653. The van der Waals surface area contributed by atoms with Gasteiger partial charge in [-0.15, -0.1) is 0 Å². The highest BCUT2D eigenvalue weighted by Gasteiger charge is 2.28. The molecule has 19 aromatic rings. The van der Waals surface area contributed by atoms with Crippen molar-refractivity contribution in [3.05, 3.63) is 339 Å². The van der Waals surface area contributed by atoms with Crippen LogP contribution in [0.5, 0.6) is 0 Å². The quantitative estimate of drug-likeness (QED) is 0.135. The van der Waals surface area contributed by atoms with Gasteiger partial charge in [0.25, 0.3) is 0 Å². The number of hydrogen-bond acceptors (Lipinski definition) is 2. The van der Waals surface area contributed by atoms with E-state index in [-0.39, 0.29) is 6.04 Å². The third kappa shape index (κ3) is 8.45. The molecule has 0 radical (unpaired) electrons. The van der Waals surface area contributed by atoms with Crippen molar-refractivity contribution in [3.63, 3.8) is 0 Å². The zero-order chi connectivity index (χ0) is 63.0. The van der Waals surface area contributed by atoms with E-state index < -0.39 is 0 Å². The van der Waals surface area contributed by atoms with Crippen molar-refractivity contribution in [1.29, 1.82) is 0 Å². The molecule has 1 aliphatic rings. The third-order valence-electron chi connectivity index (χ3n) is 20.3. The molecule has 0 amide bonds. The topological polar surface area (TPSA) is 45.5 Å². The van der Waals surface area contributed by atoms with Gasteiger partial charge in [-0.2, -0.15) is 0 Å². The summed E-state index contributed by atoms with van der Waals surface area (Å²) < 4.78 is 9.86. The molecule has 20 rings (SSSR count). The third-order valence-corrected chi connectivity index (χ3v) is 20.3. The molecule has 1 aliphatic carbocycles. The Hall–Kier alpha value is -12.6. The van der Waals surface area contributed by atoms with Crippen LogP contribution in [0.3, 0.4) is 0 Å². The number of fused-ring (bicyclic) bond motifs is 15. The van der Waals surface area contributed by atoms with Crippen molar-refractivity contribution in [2.75, 3.05) is 0 Å². The van der Waals surface area contributed by atoms with Crippen LogP contribution in [0.4, 0.5) is 0 Å². The summed E-state index contributed by atoms with van der Waals surface area (Å²) in [7, 11) is 0. The summed E-state index contributed by atoms with van der Waals surface area (Å²) in [6.07, 6.45) is 5.54. The van der Waals surface area contributed by atoms with Crippen LogP contribution in [0.1, 0.15) is 18.3 Å². The highest BCUT2D eigenvalue weighted by atomic mass is 15.0. The molecule has 6 nitrogen and oxygen atoms in total. The minimum atomic E-state index is -0.154. The first-order valence-electron chi connectivity index (χ1n) is 33.1. The van der Waals surface area contributed by atoms with Crippen molar-refractivity contribution in [2.45, 2.75) is 12.5 Å². The van der Waals surface area contributed by atoms with Crippen molar-refractivity contribution in [3.8, 4) is 56.0 Å². The van der Waals surface area contributed by atoms with Gasteiger partial charge in [0.2, 0.25) is 0 Å². The first-order valence-corrected chi connectivity index (χ1v) is 33.1. The Balaban J connectivity index is 0.779. The molecule has 5 heterocycles. The number of allylic oxidation sites excluding steroid dienone is 4. The fraction of sp³-hybridized carbons (Fsp3) is 0.0222. The van der Waals surface area contributed by atoms with Gasteiger partial charge in [0.05, 0.1) is 50.4 Å². The normalized spacial score (nSPS) is 13.6. The molecule has 5 aromatic heterocycles. The number of para-hydroxylation sites is 6. The number of hydrogen-bond donors (Lipinski definition) is 0. The highest BCUT2D eigenvalue weighted by molar-refractivity contribution is 6.17. The maximum absolute atomic E-state index is 5.81. The summed E-state index contributed by atoms with van der Waals surface area (Å²) >= 11 is 0. The Labute approximate surface area is 553 Å². The average molecular weight is 1220 g/mol. The van der Waals surface area contributed by atoms with Crippen LogP contribution >= 0.6 is 0 Å². The van der Waals surface area contributed by atoms with Gasteiger partial charge >= 0.3 is 0 Å². The van der Waals surface area contributed by atoms with E-state index in [1.165, 1.54) is 104 Å². The summed E-state index contributed by atoms with van der Waals surface area (Å²) in [5, 5.41) is 13.1. The SMILES string of the molecule is C1=C(c2nc(-c3ccc(-c4ccccc4)cc3)c3c(ccc4ccccc43)n2)CC(n2c3ccccc3c3cc(-c4ccc5c(c4)c4ccccc4n5-c4ccccc4)ccc32)C=C1n1c2ccccc2c2cc(-c3ccc4c(c3)c3ccccc3n4-c3ccccc3)ccc21. The summed E-state index contributed by atoms with van der Waals surface area (Å²) in [6, 6.07) is 117. The molecule has 0 fully saturated rings. The van der Waals surface area contributed by atoms with Gasteiger partial charge < -0.3 is 18.3 Å². The second-order valence-corrected chi connectivity index (χ2v) is 25.6. The Kier molecular flexibility index (Phi) is 12.1. The average Bonchev–Trinajstić information content (AvgIpc) is 1.14. The molecule has 448 valence electrons. The fourth-order valence-corrected chi connectivity index (χ4v) is 15.9. The van der Waals surface area contributed by atoms with Gasteiger partial charge in [-0.1, -0.05) is 218 Å². The van der Waals surface area contributed by atoms with E-state index in [0.29, 0.717) is 6.42 Å². The zero-order valence-corrected chi connectivity index (χ0v) is 52.2. The first-order chi connectivity index (χ1) is 47.6. The van der Waals surface area contributed by atoms with Crippen LogP contribution in [0, 0.1) is 0 Å². The number of nitrogens with zero attached hydrogens (tertiary/aromatic N) is 6. The van der Waals surface area contributed by atoms with Gasteiger partial charge in [-0.3, -0.25) is 0 Å². The van der Waals surface area contributed by atoms with Crippen molar-refractivity contribution in [2.24, 2.45) is 0 Å². The molecule has 0 saturated carbocycles. The van der Waals surface area contributed by atoms with Gasteiger partial charge in [-0.25, -0.2) is 9.97 Å². The molecule has 6 heteroatoms. The van der Waals surface area contributed by atoms with E-state index in [1.807, 2.05) is 0 Å². The Morgan fingerprint density at radius 3 is 1.22 bits per heavy atom. The minimum Gasteiger partial charge on any atom is -0.333 e. The maximum Gasteiger partial charge on any atom is 0.156 e. The van der Waals surface area contributed by atoms with Crippen LogP contribution < -0.4 is 0 Å². The molecular weight excluding hydrogens is 1170 g/mol. The van der Waals surface area contributed by atoms with Crippen LogP contribution in [0.25, 0.3) is 176 Å². The summed E-state index contributed by atoms with van der Waals surface area (Å²) in [6.45, 7) is 0. The second-order valence-electron chi connectivity index (χ2n) is 25.6. The molecule has 0 spiro atoms. The van der Waals surface area contributed by atoms with Crippen molar-refractivity contribution >= 4 is 120 Å². The summed E-state index contributed by atoms with van der Waals surface area (Å²) in [5.74, 6) is 0.717. The molecule has 96 heavy (non-hydrogen) atoms. The Bertz CT molecular complexity index is 6460. The van der Waals surface area contributed by atoms with Crippen LogP contribution in [-0.2, 0) is 0 Å². The Morgan fingerprint density at radius 1 is 0.281 bits per heavy atom. The largest absolute Gasteiger partial charge is 0.333 e. The van der Waals surface area contributed by atoms with E-state index in [0.717, 1.165) is 78.0 Å². The summed E-state index contributed by atoms with van der Waals surface area (Å²) in [4.78, 5) is 11.5. The van der Waals surface area contributed by atoms with Crippen molar-refractivity contribution < 1.29 is 0 Å². The number of benzene rings is 14. The molecule has 1 atom stereocenters. The first kappa shape index (κ1) is 54.0.